The number of hydrogen-bond donors (Lipinski definition) is 1. The first kappa shape index (κ1) is 17.9. The zero-order valence-corrected chi connectivity index (χ0v) is 15.4. The Balaban J connectivity index is 1.80. The van der Waals surface area contributed by atoms with Crippen molar-refractivity contribution in [2.45, 2.75) is 32.1 Å². The third-order valence-corrected chi connectivity index (χ3v) is 5.51. The van der Waals surface area contributed by atoms with Gasteiger partial charge in [0, 0.05) is 48.0 Å². The standard InChI is InChI=1S/C21H23FN2O3/c1-13-18(21(26)24-9-11-27-12-10-24)19(14-5-7-15(22)8-6-14)20-16(23-13)3-2-4-17(20)25/h5-8,19,23H,2-4,9-12H2,1H3/t19-/m0/s1. The highest BCUT2D eigenvalue weighted by Crippen LogP contribution is 2.42. The molecule has 1 aromatic carbocycles. The predicted octanol–water partition coefficient (Wildman–Crippen LogP) is 2.65. The molecule has 6 heteroatoms. The number of amides is 1. The molecule has 1 aromatic rings. The minimum atomic E-state index is -0.454. The molecule has 3 aliphatic rings. The Kier molecular flexibility index (Phi) is 4.83. The normalized spacial score (nSPS) is 23.3. The highest BCUT2D eigenvalue weighted by molar-refractivity contribution is 6.05. The van der Waals surface area contributed by atoms with Gasteiger partial charge in [0.1, 0.15) is 5.82 Å². The fourth-order valence-electron chi connectivity index (χ4n) is 4.19. The van der Waals surface area contributed by atoms with Crippen LogP contribution in [0.25, 0.3) is 0 Å². The second-order valence-corrected chi connectivity index (χ2v) is 7.22. The molecule has 1 N–H and O–H groups in total. The number of carbonyl (C=O) groups is 2. The maximum Gasteiger partial charge on any atom is 0.252 e. The van der Waals surface area contributed by atoms with E-state index in [4.69, 9.17) is 4.74 Å². The topological polar surface area (TPSA) is 58.6 Å². The molecule has 1 fully saturated rings. The van der Waals surface area contributed by atoms with Gasteiger partial charge < -0.3 is 15.0 Å². The van der Waals surface area contributed by atoms with Crippen molar-refractivity contribution in [3.05, 3.63) is 58.2 Å². The van der Waals surface area contributed by atoms with E-state index in [1.807, 2.05) is 6.92 Å². The molecule has 1 aliphatic carbocycles. The van der Waals surface area contributed by atoms with E-state index in [9.17, 15) is 14.0 Å². The Morgan fingerprint density at radius 3 is 2.59 bits per heavy atom. The van der Waals surface area contributed by atoms with Gasteiger partial charge in [-0.3, -0.25) is 9.59 Å². The minimum Gasteiger partial charge on any atom is -0.378 e. The lowest BCUT2D eigenvalue weighted by atomic mass is 9.75. The van der Waals surface area contributed by atoms with Crippen molar-refractivity contribution in [2.24, 2.45) is 0 Å². The van der Waals surface area contributed by atoms with Crippen LogP contribution in [0.3, 0.4) is 0 Å². The number of halogens is 1. The third kappa shape index (κ3) is 3.30. The van der Waals surface area contributed by atoms with Crippen LogP contribution in [-0.4, -0.2) is 42.9 Å². The summed E-state index contributed by atoms with van der Waals surface area (Å²) in [5.74, 6) is -0.802. The number of ether oxygens (including phenoxy) is 1. The molecule has 27 heavy (non-hydrogen) atoms. The van der Waals surface area contributed by atoms with Gasteiger partial charge in [0.15, 0.2) is 5.78 Å². The molecule has 1 atom stereocenters. The van der Waals surface area contributed by atoms with E-state index in [1.54, 1.807) is 17.0 Å². The van der Waals surface area contributed by atoms with Crippen LogP contribution in [0.1, 0.15) is 37.7 Å². The number of ketones is 1. The largest absolute Gasteiger partial charge is 0.378 e. The molecule has 2 aliphatic heterocycles. The Labute approximate surface area is 157 Å². The Morgan fingerprint density at radius 2 is 1.89 bits per heavy atom. The molecule has 0 saturated carbocycles. The SMILES string of the molecule is CC1=C(C(=O)N2CCOCC2)[C@H](c2ccc(F)cc2)C2=C(CCCC2=O)N1. The van der Waals surface area contributed by atoms with Crippen LogP contribution in [0, 0.1) is 5.82 Å². The number of morpholine rings is 1. The van der Waals surface area contributed by atoms with Crippen molar-refractivity contribution in [3.8, 4) is 0 Å². The van der Waals surface area contributed by atoms with Crippen LogP contribution in [0.15, 0.2) is 46.8 Å². The van der Waals surface area contributed by atoms with Crippen molar-refractivity contribution in [3.63, 3.8) is 0 Å². The van der Waals surface area contributed by atoms with Gasteiger partial charge in [-0.2, -0.15) is 0 Å². The van der Waals surface area contributed by atoms with E-state index in [0.29, 0.717) is 43.9 Å². The Hall–Kier alpha value is -2.47. The first-order valence-electron chi connectivity index (χ1n) is 9.43. The number of nitrogens with zero attached hydrogens (tertiary/aromatic N) is 1. The summed E-state index contributed by atoms with van der Waals surface area (Å²) in [6.45, 7) is 3.98. The predicted molar refractivity (Wildman–Crippen MR) is 98.3 cm³/mol. The average Bonchev–Trinajstić information content (AvgIpc) is 2.68. The molecule has 0 bridgehead atoms. The molecule has 1 amide bonds. The number of carbonyl (C=O) groups excluding carboxylic acids is 2. The van der Waals surface area contributed by atoms with Crippen LogP contribution in [0.4, 0.5) is 4.39 Å². The first-order chi connectivity index (χ1) is 13.1. The van der Waals surface area contributed by atoms with Gasteiger partial charge in [-0.15, -0.1) is 0 Å². The van der Waals surface area contributed by atoms with Crippen LogP contribution in [-0.2, 0) is 14.3 Å². The van der Waals surface area contributed by atoms with Gasteiger partial charge in [-0.25, -0.2) is 4.39 Å². The minimum absolute atomic E-state index is 0.0675. The molecular formula is C21H23FN2O3. The number of rotatable bonds is 2. The maximum atomic E-state index is 13.5. The number of benzene rings is 1. The molecule has 0 unspecified atom stereocenters. The highest BCUT2D eigenvalue weighted by atomic mass is 19.1. The fourth-order valence-corrected chi connectivity index (χ4v) is 4.19. The van der Waals surface area contributed by atoms with Gasteiger partial charge in [0.25, 0.3) is 5.91 Å². The average molecular weight is 370 g/mol. The molecule has 142 valence electrons. The highest BCUT2D eigenvalue weighted by Gasteiger charge is 2.39. The van der Waals surface area contributed by atoms with E-state index >= 15 is 0 Å². The van der Waals surface area contributed by atoms with Crippen LogP contribution >= 0.6 is 0 Å². The lowest BCUT2D eigenvalue weighted by molar-refractivity contribution is -0.131. The number of Topliss-reactive ketones (excluding diaryl/α,β-unsaturated/α-hetero) is 1. The van der Waals surface area contributed by atoms with Crippen molar-refractivity contribution in [1.29, 1.82) is 0 Å². The van der Waals surface area contributed by atoms with Crippen molar-refractivity contribution in [2.75, 3.05) is 26.3 Å². The van der Waals surface area contributed by atoms with Gasteiger partial charge in [-0.1, -0.05) is 12.1 Å². The molecular weight excluding hydrogens is 347 g/mol. The van der Waals surface area contributed by atoms with E-state index in [-0.39, 0.29) is 17.5 Å². The molecule has 0 aromatic heterocycles. The molecule has 0 spiro atoms. The summed E-state index contributed by atoms with van der Waals surface area (Å²) in [5.41, 5.74) is 3.69. The second-order valence-electron chi connectivity index (χ2n) is 7.22. The number of hydrogen-bond acceptors (Lipinski definition) is 4. The van der Waals surface area contributed by atoms with E-state index in [2.05, 4.69) is 5.32 Å². The number of dihydropyridines is 1. The zero-order valence-electron chi connectivity index (χ0n) is 15.4. The molecule has 0 radical (unpaired) electrons. The summed E-state index contributed by atoms with van der Waals surface area (Å²) in [4.78, 5) is 27.9. The third-order valence-electron chi connectivity index (χ3n) is 5.51. The lowest BCUT2D eigenvalue weighted by Gasteiger charge is -2.37. The zero-order chi connectivity index (χ0) is 19.0. The van der Waals surface area contributed by atoms with Gasteiger partial charge in [0.05, 0.1) is 13.2 Å². The van der Waals surface area contributed by atoms with E-state index in [1.165, 1.54) is 12.1 Å². The number of nitrogens with one attached hydrogen (secondary N) is 1. The number of allylic oxidation sites excluding steroid dienone is 3. The summed E-state index contributed by atoms with van der Waals surface area (Å²) in [5, 5.41) is 3.32. The summed E-state index contributed by atoms with van der Waals surface area (Å²) in [7, 11) is 0. The fraction of sp³-hybridized carbons (Fsp3) is 0.429. The summed E-state index contributed by atoms with van der Waals surface area (Å²) >= 11 is 0. The quantitative estimate of drug-likeness (QED) is 0.870. The summed E-state index contributed by atoms with van der Waals surface area (Å²) in [6.07, 6.45) is 2.08. The van der Waals surface area contributed by atoms with Crippen LogP contribution < -0.4 is 5.32 Å². The molecule has 2 heterocycles. The van der Waals surface area contributed by atoms with Crippen LogP contribution in [0.5, 0.6) is 0 Å². The van der Waals surface area contributed by atoms with Gasteiger partial charge >= 0.3 is 0 Å². The monoisotopic (exact) mass is 370 g/mol. The maximum absolute atomic E-state index is 13.5. The smallest absolute Gasteiger partial charge is 0.252 e. The van der Waals surface area contributed by atoms with E-state index < -0.39 is 5.92 Å². The Morgan fingerprint density at radius 1 is 1.19 bits per heavy atom. The second kappa shape index (κ2) is 7.27. The lowest BCUT2D eigenvalue weighted by Crippen LogP contribution is -2.44. The van der Waals surface area contributed by atoms with Crippen molar-refractivity contribution < 1.29 is 18.7 Å². The van der Waals surface area contributed by atoms with Crippen molar-refractivity contribution >= 4 is 11.7 Å². The van der Waals surface area contributed by atoms with E-state index in [0.717, 1.165) is 29.8 Å². The molecule has 1 saturated heterocycles. The summed E-state index contributed by atoms with van der Waals surface area (Å²) < 4.78 is 18.9. The van der Waals surface area contributed by atoms with Gasteiger partial charge in [0.2, 0.25) is 0 Å². The Bertz CT molecular complexity index is 835. The first-order valence-corrected chi connectivity index (χ1v) is 9.43. The van der Waals surface area contributed by atoms with Gasteiger partial charge in [-0.05, 0) is 37.5 Å². The summed E-state index contributed by atoms with van der Waals surface area (Å²) in [6, 6.07) is 6.13. The van der Waals surface area contributed by atoms with Crippen LogP contribution in [0.2, 0.25) is 0 Å². The van der Waals surface area contributed by atoms with Crippen molar-refractivity contribution in [1.82, 2.24) is 10.2 Å². The molecule has 4 rings (SSSR count). The molecule has 5 nitrogen and oxygen atoms in total.